The van der Waals surface area contributed by atoms with Gasteiger partial charge in [0.05, 0.1) is 19.3 Å². The second-order valence-corrected chi connectivity index (χ2v) is 8.51. The molecule has 0 amide bonds. The van der Waals surface area contributed by atoms with Crippen LogP contribution in [0.2, 0.25) is 0 Å². The van der Waals surface area contributed by atoms with Gasteiger partial charge in [0, 0.05) is 25.0 Å². The van der Waals surface area contributed by atoms with E-state index >= 15 is 0 Å². The molecule has 0 aliphatic heterocycles. The number of carbonyl (C=O) groups excluding carboxylic acids is 3. The second kappa shape index (κ2) is 11.7. The number of aliphatic hydroxyl groups excluding tert-OH is 2. The van der Waals surface area contributed by atoms with Crippen molar-refractivity contribution in [2.24, 2.45) is 0 Å². The summed E-state index contributed by atoms with van der Waals surface area (Å²) >= 11 is 0. The van der Waals surface area contributed by atoms with Crippen molar-refractivity contribution in [1.29, 1.82) is 0 Å². The van der Waals surface area contributed by atoms with E-state index in [2.05, 4.69) is 0 Å². The number of hydrogen-bond acceptors (Lipinski definition) is 12. The molecule has 1 fully saturated rings. The van der Waals surface area contributed by atoms with E-state index in [0.29, 0.717) is 11.1 Å². The molecule has 1 saturated carbocycles. The number of phenolic OH excluding ortho intramolecular Hbond substituents is 4. The van der Waals surface area contributed by atoms with E-state index in [0.717, 1.165) is 19.3 Å². The maximum Gasteiger partial charge on any atom is 0.350 e. The summed E-state index contributed by atoms with van der Waals surface area (Å²) in [5, 5.41) is 59.0. The number of esters is 3. The first kappa shape index (κ1) is 28.0. The number of rotatable bonds is 7. The summed E-state index contributed by atoms with van der Waals surface area (Å²) in [7, 11) is 1.03. The predicted molar refractivity (Wildman–Crippen MR) is 130 cm³/mol. The van der Waals surface area contributed by atoms with Gasteiger partial charge in [0.25, 0.3) is 0 Å². The summed E-state index contributed by atoms with van der Waals surface area (Å²) in [6, 6.07) is 7.62. The monoisotopic (exact) mass is 530 g/mol. The molecule has 0 heterocycles. The number of aliphatic hydroxyl groups is 2. The van der Waals surface area contributed by atoms with Crippen LogP contribution < -0.4 is 0 Å². The number of hydrogen-bond donors (Lipinski definition) is 6. The lowest BCUT2D eigenvalue weighted by molar-refractivity contribution is -0.209. The van der Waals surface area contributed by atoms with Gasteiger partial charge in [-0.2, -0.15) is 0 Å². The lowest BCUT2D eigenvalue weighted by Crippen LogP contribution is -2.59. The lowest BCUT2D eigenvalue weighted by atomic mass is 9.79. The summed E-state index contributed by atoms with van der Waals surface area (Å²) in [4.78, 5) is 37.3. The highest BCUT2D eigenvalue weighted by atomic mass is 16.6. The fraction of sp³-hybridized carbons (Fsp3) is 0.269. The maximum atomic E-state index is 12.5. The van der Waals surface area contributed by atoms with Crippen LogP contribution in [0.3, 0.4) is 0 Å². The molecule has 0 aromatic heterocycles. The predicted octanol–water partition coefficient (Wildman–Crippen LogP) is 1.12. The Bertz CT molecular complexity index is 1250. The minimum Gasteiger partial charge on any atom is -0.504 e. The molecular formula is C26H26O12. The van der Waals surface area contributed by atoms with Crippen LogP contribution in [0, 0.1) is 0 Å². The second-order valence-electron chi connectivity index (χ2n) is 8.51. The normalized spacial score (nSPS) is 23.3. The Morgan fingerprint density at radius 2 is 1.26 bits per heavy atom. The van der Waals surface area contributed by atoms with Gasteiger partial charge >= 0.3 is 17.9 Å². The molecule has 0 saturated heterocycles. The molecule has 3 rings (SSSR count). The average molecular weight is 530 g/mol. The Labute approximate surface area is 216 Å². The van der Waals surface area contributed by atoms with Crippen LogP contribution in [0.15, 0.2) is 48.6 Å². The molecular weight excluding hydrogens is 504 g/mol. The van der Waals surface area contributed by atoms with Crippen LogP contribution in [0.1, 0.15) is 24.0 Å². The Morgan fingerprint density at radius 3 is 1.71 bits per heavy atom. The summed E-state index contributed by atoms with van der Waals surface area (Å²) in [5.41, 5.74) is -1.40. The topological polar surface area (TPSA) is 200 Å². The molecule has 202 valence electrons. The smallest absolute Gasteiger partial charge is 0.350 e. The van der Waals surface area contributed by atoms with E-state index in [4.69, 9.17) is 14.2 Å². The van der Waals surface area contributed by atoms with Gasteiger partial charge in [-0.3, -0.25) is 0 Å². The van der Waals surface area contributed by atoms with Gasteiger partial charge in [0.1, 0.15) is 0 Å². The molecule has 12 nitrogen and oxygen atoms in total. The largest absolute Gasteiger partial charge is 0.504 e. The van der Waals surface area contributed by atoms with Crippen LogP contribution in [0.5, 0.6) is 23.0 Å². The molecule has 6 N–H and O–H groups in total. The van der Waals surface area contributed by atoms with Crippen molar-refractivity contribution in [1.82, 2.24) is 0 Å². The van der Waals surface area contributed by atoms with Gasteiger partial charge in [0.2, 0.25) is 5.60 Å². The third kappa shape index (κ3) is 6.60. The standard InChI is InChI=1S/C26H26O12/c1-36-25(35)26(38-23(34)9-5-15-3-7-17(28)19(30)11-15)12-20(31)24(21(32)13-26)37-22(33)8-4-14-2-6-16(27)18(29)10-14/h2-11,20-21,24,27-32H,12-13H2,1H3/t20-,21-,24?,26?/m1/s1. The van der Waals surface area contributed by atoms with Gasteiger partial charge in [0.15, 0.2) is 29.1 Å². The third-order valence-electron chi connectivity index (χ3n) is 5.76. The van der Waals surface area contributed by atoms with Gasteiger partial charge in [-0.25, -0.2) is 14.4 Å². The van der Waals surface area contributed by atoms with Crippen LogP contribution >= 0.6 is 0 Å². The van der Waals surface area contributed by atoms with Crippen LogP contribution in [-0.2, 0) is 28.6 Å². The zero-order valence-electron chi connectivity index (χ0n) is 20.1. The Morgan fingerprint density at radius 1 is 0.789 bits per heavy atom. The number of methoxy groups -OCH3 is 1. The van der Waals surface area contributed by atoms with Gasteiger partial charge in [-0.05, 0) is 47.5 Å². The number of ether oxygens (including phenoxy) is 3. The van der Waals surface area contributed by atoms with Crippen molar-refractivity contribution >= 4 is 30.1 Å². The van der Waals surface area contributed by atoms with Crippen molar-refractivity contribution in [3.05, 3.63) is 59.7 Å². The molecule has 0 spiro atoms. The number of benzene rings is 2. The minimum atomic E-state index is -2.09. The van der Waals surface area contributed by atoms with Crippen LogP contribution in [0.25, 0.3) is 12.2 Å². The molecule has 0 unspecified atom stereocenters. The average Bonchev–Trinajstić information content (AvgIpc) is 2.87. The van der Waals surface area contributed by atoms with Crippen LogP contribution in [0.4, 0.5) is 0 Å². The van der Waals surface area contributed by atoms with E-state index in [1.165, 1.54) is 48.6 Å². The zero-order valence-corrected chi connectivity index (χ0v) is 20.1. The van der Waals surface area contributed by atoms with Crippen molar-refractivity contribution in [3.63, 3.8) is 0 Å². The highest BCUT2D eigenvalue weighted by Crippen LogP contribution is 2.36. The number of carbonyl (C=O) groups is 3. The van der Waals surface area contributed by atoms with Crippen molar-refractivity contribution in [2.45, 2.75) is 36.8 Å². The Hall–Kier alpha value is -4.55. The molecule has 12 heteroatoms. The van der Waals surface area contributed by atoms with E-state index in [9.17, 15) is 45.0 Å². The lowest BCUT2D eigenvalue weighted by Gasteiger charge is -2.41. The molecule has 38 heavy (non-hydrogen) atoms. The van der Waals surface area contributed by atoms with E-state index in [1.54, 1.807) is 0 Å². The van der Waals surface area contributed by atoms with Crippen LogP contribution in [-0.4, -0.2) is 79.6 Å². The highest BCUT2D eigenvalue weighted by Gasteiger charge is 2.54. The molecule has 1 aliphatic rings. The highest BCUT2D eigenvalue weighted by molar-refractivity contribution is 5.91. The van der Waals surface area contributed by atoms with Crippen molar-refractivity contribution < 1.29 is 59.2 Å². The van der Waals surface area contributed by atoms with Gasteiger partial charge in [-0.15, -0.1) is 0 Å². The van der Waals surface area contributed by atoms with E-state index in [1.807, 2.05) is 0 Å². The fourth-order valence-electron chi connectivity index (χ4n) is 3.90. The first-order valence-electron chi connectivity index (χ1n) is 11.2. The summed E-state index contributed by atoms with van der Waals surface area (Å²) in [6.07, 6.45) is -1.40. The molecule has 0 bridgehead atoms. The summed E-state index contributed by atoms with van der Waals surface area (Å²) < 4.78 is 15.2. The van der Waals surface area contributed by atoms with E-state index in [-0.39, 0.29) is 11.5 Å². The quantitative estimate of drug-likeness (QED) is 0.129. The molecule has 2 atom stereocenters. The Kier molecular flexibility index (Phi) is 8.61. The molecule has 2 aromatic rings. The third-order valence-corrected chi connectivity index (χ3v) is 5.76. The van der Waals surface area contributed by atoms with Crippen molar-refractivity contribution in [3.8, 4) is 23.0 Å². The fourth-order valence-corrected chi connectivity index (χ4v) is 3.90. The molecule has 1 aliphatic carbocycles. The number of aromatic hydroxyl groups is 4. The molecule has 2 aromatic carbocycles. The first-order chi connectivity index (χ1) is 17.9. The summed E-state index contributed by atoms with van der Waals surface area (Å²) in [5.74, 6) is -4.55. The number of phenols is 4. The maximum absolute atomic E-state index is 12.5. The minimum absolute atomic E-state index is 0.329. The summed E-state index contributed by atoms with van der Waals surface area (Å²) in [6.45, 7) is 0. The molecule has 0 radical (unpaired) electrons. The van der Waals surface area contributed by atoms with Crippen molar-refractivity contribution in [2.75, 3.05) is 7.11 Å². The Balaban J connectivity index is 1.69. The van der Waals surface area contributed by atoms with Gasteiger partial charge < -0.3 is 44.8 Å². The van der Waals surface area contributed by atoms with E-state index < -0.39 is 66.2 Å². The zero-order chi connectivity index (χ0) is 28.0. The SMILES string of the molecule is COC(=O)C1(OC(=O)C=Cc2ccc(O)c(O)c2)C[C@@H](O)C(OC(=O)C=Cc2ccc(O)c(O)c2)[C@H](O)C1. The van der Waals surface area contributed by atoms with Gasteiger partial charge in [-0.1, -0.05) is 12.1 Å². The first-order valence-corrected chi connectivity index (χ1v) is 11.2.